The Balaban J connectivity index is 1.38. The number of urea groups is 1. The third-order valence-corrected chi connectivity index (χ3v) is 9.74. The molecule has 0 aliphatic carbocycles. The van der Waals surface area contributed by atoms with Crippen LogP contribution in [0.25, 0.3) is 22.4 Å². The van der Waals surface area contributed by atoms with E-state index in [1.807, 2.05) is 0 Å². The van der Waals surface area contributed by atoms with Gasteiger partial charge in [0.25, 0.3) is 11.8 Å². The molecule has 1 atom stereocenters. The van der Waals surface area contributed by atoms with Crippen molar-refractivity contribution in [1.29, 1.82) is 0 Å². The number of benzene rings is 1. The van der Waals surface area contributed by atoms with Crippen LogP contribution in [0.1, 0.15) is 21.7 Å². The number of hydrogen-bond donors (Lipinski definition) is 2. The Bertz CT molecular complexity index is 1880. The lowest BCUT2D eigenvalue weighted by atomic mass is 9.95. The van der Waals surface area contributed by atoms with Crippen LogP contribution in [0.2, 0.25) is 25.7 Å². The number of pyridine rings is 2. The van der Waals surface area contributed by atoms with Crippen LogP contribution in [0.3, 0.4) is 0 Å². The van der Waals surface area contributed by atoms with Crippen LogP contribution in [-0.2, 0) is 21.6 Å². The standard InChI is InChI=1S/C31H32F2N6O6Si/c1-43-21-7-5-18-14-38(28(40)25(18)26(21)33)15-31(29(41)39(30(42)37-31)16-44-9-10-46(2,3)4)23-12-20-22(45-23)11-19(32)27(36-20)17-6-8-24(34)35-13-17/h5-8,11-13H,9-10,14-16H2,1-4H3,(H2,34,35)(H,37,42)/t31-/m1/s1. The molecule has 3 aromatic heterocycles. The lowest BCUT2D eigenvalue weighted by Gasteiger charge is -2.29. The summed E-state index contributed by atoms with van der Waals surface area (Å²) in [6.07, 6.45) is 1.38. The molecule has 240 valence electrons. The maximum absolute atomic E-state index is 15.2. The molecule has 1 saturated heterocycles. The number of carbonyl (C=O) groups is 3. The van der Waals surface area contributed by atoms with E-state index in [0.717, 1.165) is 17.0 Å². The van der Waals surface area contributed by atoms with Crippen molar-refractivity contribution in [3.63, 3.8) is 0 Å². The molecule has 4 amide bonds. The molecule has 46 heavy (non-hydrogen) atoms. The highest BCUT2D eigenvalue weighted by atomic mass is 28.3. The zero-order chi connectivity index (χ0) is 33.0. The SMILES string of the molecule is COc1ccc2c(c1F)C(=O)N(C[C@]1(c3cc4nc(-c5ccc(N)nc5)c(F)cc4o3)NC(=O)N(COCC[Si](C)(C)C)C1=O)C2. The number of rotatable bonds is 10. The fourth-order valence-corrected chi connectivity index (χ4v) is 6.26. The summed E-state index contributed by atoms with van der Waals surface area (Å²) in [4.78, 5) is 51.6. The number of nitrogens with one attached hydrogen (secondary N) is 1. The zero-order valence-corrected chi connectivity index (χ0v) is 26.6. The van der Waals surface area contributed by atoms with E-state index in [4.69, 9.17) is 19.6 Å². The maximum atomic E-state index is 15.2. The lowest BCUT2D eigenvalue weighted by Crippen LogP contribution is -2.52. The van der Waals surface area contributed by atoms with E-state index in [-0.39, 0.29) is 53.0 Å². The van der Waals surface area contributed by atoms with Crippen molar-refractivity contribution in [2.75, 3.05) is 32.7 Å². The van der Waals surface area contributed by atoms with Gasteiger partial charge in [-0.15, -0.1) is 0 Å². The third-order valence-electron chi connectivity index (χ3n) is 8.03. The molecule has 2 aliphatic heterocycles. The van der Waals surface area contributed by atoms with Gasteiger partial charge in [0.05, 0.1) is 19.2 Å². The number of aromatic nitrogens is 2. The summed E-state index contributed by atoms with van der Waals surface area (Å²) in [7, 11) is -0.166. The second kappa shape index (κ2) is 11.5. The van der Waals surface area contributed by atoms with Crippen molar-refractivity contribution < 1.29 is 37.1 Å². The Labute approximate surface area is 263 Å². The number of nitrogen functional groups attached to an aromatic ring is 1. The molecule has 4 aromatic rings. The Hall–Kier alpha value is -4.89. The van der Waals surface area contributed by atoms with Crippen molar-refractivity contribution in [2.45, 2.75) is 37.8 Å². The number of ether oxygens (including phenoxy) is 2. The predicted octanol–water partition coefficient (Wildman–Crippen LogP) is 4.47. The van der Waals surface area contributed by atoms with Crippen molar-refractivity contribution >= 4 is 42.8 Å². The highest BCUT2D eigenvalue weighted by Gasteiger charge is 2.57. The van der Waals surface area contributed by atoms with Gasteiger partial charge in [-0.2, -0.15) is 0 Å². The van der Waals surface area contributed by atoms with Crippen LogP contribution in [0, 0.1) is 11.6 Å². The first kappa shape index (κ1) is 31.1. The van der Waals surface area contributed by atoms with Crippen LogP contribution in [0.4, 0.5) is 19.4 Å². The monoisotopic (exact) mass is 650 g/mol. The van der Waals surface area contributed by atoms with Gasteiger partial charge in [-0.05, 0) is 29.8 Å². The van der Waals surface area contributed by atoms with Gasteiger partial charge in [0.2, 0.25) is 0 Å². The molecule has 0 bridgehead atoms. The lowest BCUT2D eigenvalue weighted by molar-refractivity contribution is -0.136. The largest absolute Gasteiger partial charge is 0.494 e. The second-order valence-corrected chi connectivity index (χ2v) is 18.1. The summed E-state index contributed by atoms with van der Waals surface area (Å²) in [5.74, 6) is -2.94. The molecule has 3 N–H and O–H groups in total. The number of furan rings is 1. The molecular weight excluding hydrogens is 618 g/mol. The summed E-state index contributed by atoms with van der Waals surface area (Å²) in [5, 5.41) is 2.69. The number of hydrogen-bond acceptors (Lipinski definition) is 9. The van der Waals surface area contributed by atoms with E-state index in [2.05, 4.69) is 34.9 Å². The molecule has 1 fully saturated rings. The van der Waals surface area contributed by atoms with Gasteiger partial charge >= 0.3 is 6.03 Å². The van der Waals surface area contributed by atoms with Crippen molar-refractivity contribution in [1.82, 2.24) is 25.1 Å². The summed E-state index contributed by atoms with van der Waals surface area (Å²) < 4.78 is 47.2. The van der Waals surface area contributed by atoms with E-state index in [0.29, 0.717) is 17.7 Å². The van der Waals surface area contributed by atoms with Crippen molar-refractivity contribution in [3.05, 3.63) is 71.1 Å². The smallest absolute Gasteiger partial charge is 0.327 e. The van der Waals surface area contributed by atoms with E-state index in [9.17, 15) is 14.4 Å². The molecule has 6 rings (SSSR count). The van der Waals surface area contributed by atoms with E-state index in [1.165, 1.54) is 36.4 Å². The minimum Gasteiger partial charge on any atom is -0.494 e. The molecule has 2 aliphatic rings. The number of nitrogens with zero attached hydrogens (tertiary/aromatic N) is 4. The van der Waals surface area contributed by atoms with Crippen LogP contribution in [0.5, 0.6) is 5.75 Å². The minimum absolute atomic E-state index is 0.00210. The quantitative estimate of drug-likeness (QED) is 0.144. The number of amides is 4. The van der Waals surface area contributed by atoms with Crippen LogP contribution in [0.15, 0.2) is 47.0 Å². The van der Waals surface area contributed by atoms with Crippen LogP contribution < -0.4 is 15.8 Å². The number of imide groups is 1. The Morgan fingerprint density at radius 3 is 2.61 bits per heavy atom. The number of nitrogens with two attached hydrogens (primary N) is 1. The molecule has 0 saturated carbocycles. The van der Waals surface area contributed by atoms with Gasteiger partial charge in [0.15, 0.2) is 28.5 Å². The number of anilines is 1. The van der Waals surface area contributed by atoms with Gasteiger partial charge in [-0.25, -0.2) is 28.4 Å². The highest BCUT2D eigenvalue weighted by molar-refractivity contribution is 6.76. The first-order chi connectivity index (χ1) is 21.8. The summed E-state index contributed by atoms with van der Waals surface area (Å²) in [6, 6.07) is 8.61. The third kappa shape index (κ3) is 5.45. The predicted molar refractivity (Wildman–Crippen MR) is 165 cm³/mol. The fraction of sp³-hybridized carbons (Fsp3) is 0.323. The molecule has 15 heteroatoms. The minimum atomic E-state index is -1.96. The molecule has 5 heterocycles. The van der Waals surface area contributed by atoms with Gasteiger partial charge in [-0.1, -0.05) is 25.7 Å². The molecule has 0 spiro atoms. The molecule has 12 nitrogen and oxygen atoms in total. The first-order valence-electron chi connectivity index (χ1n) is 14.5. The maximum Gasteiger partial charge on any atom is 0.327 e. The normalized spacial score (nSPS) is 18.1. The highest BCUT2D eigenvalue weighted by Crippen LogP contribution is 2.38. The number of methoxy groups -OCH3 is 1. The van der Waals surface area contributed by atoms with E-state index in [1.54, 1.807) is 12.1 Å². The van der Waals surface area contributed by atoms with Gasteiger partial charge < -0.3 is 29.8 Å². The summed E-state index contributed by atoms with van der Waals surface area (Å²) in [6.45, 7) is 6.06. The second-order valence-electron chi connectivity index (χ2n) is 12.5. The molecular formula is C31H32F2N6O6Si. The fourth-order valence-electron chi connectivity index (χ4n) is 5.50. The number of halogens is 2. The summed E-state index contributed by atoms with van der Waals surface area (Å²) >= 11 is 0. The van der Waals surface area contributed by atoms with Crippen LogP contribution in [-0.4, -0.2) is 72.7 Å². The molecule has 0 radical (unpaired) electrons. The number of fused-ring (bicyclic) bond motifs is 2. The molecule has 1 aromatic carbocycles. The average molecular weight is 651 g/mol. The van der Waals surface area contributed by atoms with Crippen molar-refractivity contribution in [3.8, 4) is 17.0 Å². The zero-order valence-electron chi connectivity index (χ0n) is 25.6. The van der Waals surface area contributed by atoms with Gasteiger partial charge in [-0.3, -0.25) is 9.59 Å². The topological polar surface area (TPSA) is 153 Å². The van der Waals surface area contributed by atoms with Crippen LogP contribution >= 0.6 is 0 Å². The van der Waals surface area contributed by atoms with E-state index >= 15 is 8.78 Å². The van der Waals surface area contributed by atoms with Gasteiger partial charge in [0, 0.05) is 45.1 Å². The Morgan fingerprint density at radius 2 is 1.91 bits per heavy atom. The summed E-state index contributed by atoms with van der Waals surface area (Å²) in [5.41, 5.74) is 4.41. The average Bonchev–Trinajstić information content (AvgIpc) is 3.63. The van der Waals surface area contributed by atoms with E-state index < -0.39 is 49.6 Å². The molecule has 0 unspecified atom stereocenters. The first-order valence-corrected chi connectivity index (χ1v) is 18.2. The Morgan fingerprint density at radius 1 is 1.13 bits per heavy atom. The van der Waals surface area contributed by atoms with Crippen molar-refractivity contribution in [2.24, 2.45) is 0 Å². The van der Waals surface area contributed by atoms with Gasteiger partial charge in [0.1, 0.15) is 29.5 Å². The Kier molecular flexibility index (Phi) is 7.76. The number of carbonyl (C=O) groups excluding carboxylic acids is 3.